The average molecular weight is 384 g/mol. The predicted octanol–water partition coefficient (Wildman–Crippen LogP) is 1.88. The molecule has 1 aromatic carbocycles. The molecule has 1 saturated heterocycles. The minimum absolute atomic E-state index is 0.121. The number of hydrogen-bond donors (Lipinski definition) is 1. The molecular formula is C18H22ClNO6. The third-order valence-corrected chi connectivity index (χ3v) is 4.62. The molecule has 0 aliphatic carbocycles. The lowest BCUT2D eigenvalue weighted by molar-refractivity contribution is -0.162. The monoisotopic (exact) mass is 383 g/mol. The smallest absolute Gasteiger partial charge is 0.323 e. The van der Waals surface area contributed by atoms with E-state index in [0.29, 0.717) is 10.6 Å². The van der Waals surface area contributed by atoms with E-state index in [4.69, 9.17) is 25.8 Å². The van der Waals surface area contributed by atoms with Crippen LogP contribution < -0.4 is 5.32 Å². The molecule has 7 nitrogen and oxygen atoms in total. The van der Waals surface area contributed by atoms with Crippen molar-refractivity contribution in [1.29, 1.82) is 0 Å². The van der Waals surface area contributed by atoms with Crippen molar-refractivity contribution >= 4 is 29.5 Å². The molecule has 1 fully saturated rings. The first-order valence-corrected chi connectivity index (χ1v) is 8.75. The van der Waals surface area contributed by atoms with Gasteiger partial charge in [0.2, 0.25) is 0 Å². The zero-order valence-electron chi connectivity index (χ0n) is 14.9. The molecule has 1 aliphatic heterocycles. The summed E-state index contributed by atoms with van der Waals surface area (Å²) in [7, 11) is 1.22. The van der Waals surface area contributed by atoms with Crippen LogP contribution in [0.5, 0.6) is 0 Å². The summed E-state index contributed by atoms with van der Waals surface area (Å²) in [6.07, 6.45) is 0. The molecule has 26 heavy (non-hydrogen) atoms. The second-order valence-corrected chi connectivity index (χ2v) is 6.13. The maximum atomic E-state index is 12.7. The van der Waals surface area contributed by atoms with E-state index in [1.807, 2.05) is 0 Å². The second-order valence-electron chi connectivity index (χ2n) is 5.72. The fourth-order valence-corrected chi connectivity index (χ4v) is 3.46. The number of benzene rings is 1. The predicted molar refractivity (Wildman–Crippen MR) is 93.4 cm³/mol. The number of carbonyl (C=O) groups excluding carboxylic acids is 3. The summed E-state index contributed by atoms with van der Waals surface area (Å²) in [5.74, 6) is -3.98. The molecule has 8 heteroatoms. The number of halogens is 1. The maximum Gasteiger partial charge on any atom is 0.323 e. The van der Waals surface area contributed by atoms with E-state index in [-0.39, 0.29) is 13.2 Å². The summed E-state index contributed by atoms with van der Waals surface area (Å²) in [6.45, 7) is 3.58. The second kappa shape index (κ2) is 9.00. The minimum atomic E-state index is -1.08. The first kappa shape index (κ1) is 20.2. The topological polar surface area (TPSA) is 90.9 Å². The van der Waals surface area contributed by atoms with E-state index in [2.05, 4.69) is 5.32 Å². The van der Waals surface area contributed by atoms with Gasteiger partial charge in [-0.2, -0.15) is 0 Å². The Labute approximate surface area is 156 Å². The quantitative estimate of drug-likeness (QED) is 0.592. The summed E-state index contributed by atoms with van der Waals surface area (Å²) in [5.41, 5.74) is 0.591. The van der Waals surface area contributed by atoms with Gasteiger partial charge in [0, 0.05) is 11.1 Å². The van der Waals surface area contributed by atoms with Gasteiger partial charge in [-0.1, -0.05) is 29.8 Å². The number of esters is 3. The Morgan fingerprint density at radius 1 is 1.00 bits per heavy atom. The van der Waals surface area contributed by atoms with E-state index in [9.17, 15) is 14.4 Å². The van der Waals surface area contributed by atoms with E-state index in [1.54, 1.807) is 38.1 Å². The zero-order chi connectivity index (χ0) is 19.3. The zero-order valence-corrected chi connectivity index (χ0v) is 15.6. The molecule has 0 aromatic heterocycles. The van der Waals surface area contributed by atoms with Gasteiger partial charge < -0.3 is 14.2 Å². The third-order valence-electron chi connectivity index (χ3n) is 4.28. The van der Waals surface area contributed by atoms with E-state index >= 15 is 0 Å². The van der Waals surface area contributed by atoms with Gasteiger partial charge >= 0.3 is 17.9 Å². The van der Waals surface area contributed by atoms with Crippen molar-refractivity contribution in [2.24, 2.45) is 11.8 Å². The highest BCUT2D eigenvalue weighted by Gasteiger charge is 2.55. The maximum absolute atomic E-state index is 12.7. The largest absolute Gasteiger partial charge is 0.468 e. The van der Waals surface area contributed by atoms with Crippen molar-refractivity contribution in [2.45, 2.75) is 25.9 Å². The van der Waals surface area contributed by atoms with Crippen LogP contribution in [0.15, 0.2) is 24.3 Å². The SMILES string of the molecule is CCOC(=O)[C@@H]1[C@H](C(=O)OCC)[C@H](c2ccccc2Cl)N[C@@H]1C(=O)OC. The summed E-state index contributed by atoms with van der Waals surface area (Å²) in [4.78, 5) is 37.4. The van der Waals surface area contributed by atoms with Gasteiger partial charge in [0.15, 0.2) is 0 Å². The van der Waals surface area contributed by atoms with Crippen LogP contribution in [0.3, 0.4) is 0 Å². The lowest BCUT2D eigenvalue weighted by atomic mass is 9.84. The van der Waals surface area contributed by atoms with Crippen LogP contribution in [-0.2, 0) is 28.6 Å². The number of nitrogens with one attached hydrogen (secondary N) is 1. The van der Waals surface area contributed by atoms with Crippen LogP contribution in [0.4, 0.5) is 0 Å². The van der Waals surface area contributed by atoms with Gasteiger partial charge in [-0.15, -0.1) is 0 Å². The number of carbonyl (C=O) groups is 3. The molecule has 0 bridgehead atoms. The van der Waals surface area contributed by atoms with Crippen LogP contribution in [0, 0.1) is 11.8 Å². The Bertz CT molecular complexity index is 679. The van der Waals surface area contributed by atoms with Gasteiger partial charge in [0.25, 0.3) is 0 Å². The molecule has 0 unspecified atom stereocenters. The van der Waals surface area contributed by atoms with Gasteiger partial charge in [0.05, 0.1) is 32.2 Å². The Morgan fingerprint density at radius 2 is 1.58 bits per heavy atom. The fourth-order valence-electron chi connectivity index (χ4n) is 3.21. The lowest BCUT2D eigenvalue weighted by Gasteiger charge is -2.22. The minimum Gasteiger partial charge on any atom is -0.468 e. The van der Waals surface area contributed by atoms with Gasteiger partial charge in [0.1, 0.15) is 6.04 Å². The van der Waals surface area contributed by atoms with Crippen molar-refractivity contribution in [3.05, 3.63) is 34.9 Å². The number of hydrogen-bond acceptors (Lipinski definition) is 7. The summed E-state index contributed by atoms with van der Waals surface area (Å²) in [5, 5.41) is 3.43. The summed E-state index contributed by atoms with van der Waals surface area (Å²) < 4.78 is 15.1. The first-order valence-electron chi connectivity index (χ1n) is 8.37. The molecule has 1 aliphatic rings. The van der Waals surface area contributed by atoms with Crippen molar-refractivity contribution < 1.29 is 28.6 Å². The molecule has 4 atom stereocenters. The standard InChI is InChI=1S/C18H22ClNO6/c1-4-25-16(21)12-13(17(22)26-5-2)15(18(23)24-3)20-14(12)10-8-6-7-9-11(10)19/h6-9,12-15,20H,4-5H2,1-3H3/t12-,13+,14-,15-/m0/s1. The molecule has 1 aromatic rings. The molecule has 2 rings (SSSR count). The number of rotatable bonds is 6. The lowest BCUT2D eigenvalue weighted by Crippen LogP contribution is -2.42. The highest BCUT2D eigenvalue weighted by molar-refractivity contribution is 6.31. The molecular weight excluding hydrogens is 362 g/mol. The Balaban J connectivity index is 2.52. The van der Waals surface area contributed by atoms with Gasteiger partial charge in [-0.05, 0) is 25.5 Å². The average Bonchev–Trinajstić information content (AvgIpc) is 3.02. The Kier molecular flexibility index (Phi) is 6.99. The normalized spacial score (nSPS) is 24.8. The third kappa shape index (κ3) is 3.99. The highest BCUT2D eigenvalue weighted by atomic mass is 35.5. The van der Waals surface area contributed by atoms with Gasteiger partial charge in [-0.3, -0.25) is 19.7 Å². The van der Waals surface area contributed by atoms with Crippen LogP contribution in [-0.4, -0.2) is 44.3 Å². The Hall–Kier alpha value is -2.12. The van der Waals surface area contributed by atoms with Crippen LogP contribution in [0.2, 0.25) is 5.02 Å². The molecule has 0 spiro atoms. The van der Waals surface area contributed by atoms with E-state index in [1.165, 1.54) is 7.11 Å². The molecule has 1 N–H and O–H groups in total. The molecule has 0 radical (unpaired) electrons. The molecule has 0 amide bonds. The molecule has 142 valence electrons. The van der Waals surface area contributed by atoms with Gasteiger partial charge in [-0.25, -0.2) is 0 Å². The Morgan fingerprint density at radius 3 is 2.12 bits per heavy atom. The van der Waals surface area contributed by atoms with Crippen molar-refractivity contribution in [2.75, 3.05) is 20.3 Å². The van der Waals surface area contributed by atoms with Crippen molar-refractivity contribution in [1.82, 2.24) is 5.32 Å². The van der Waals surface area contributed by atoms with Crippen LogP contribution in [0.1, 0.15) is 25.5 Å². The molecule has 0 saturated carbocycles. The van der Waals surface area contributed by atoms with E-state index < -0.39 is 41.8 Å². The number of methoxy groups -OCH3 is 1. The summed E-state index contributed by atoms with van der Waals surface area (Å²) in [6, 6.07) is 5.17. The van der Waals surface area contributed by atoms with Crippen molar-refractivity contribution in [3.8, 4) is 0 Å². The number of ether oxygens (including phenoxy) is 3. The first-order chi connectivity index (χ1) is 12.5. The van der Waals surface area contributed by atoms with Crippen LogP contribution in [0.25, 0.3) is 0 Å². The van der Waals surface area contributed by atoms with Crippen LogP contribution >= 0.6 is 11.6 Å². The van der Waals surface area contributed by atoms with E-state index in [0.717, 1.165) is 0 Å². The summed E-state index contributed by atoms with van der Waals surface area (Å²) >= 11 is 6.28. The molecule has 1 heterocycles. The van der Waals surface area contributed by atoms with Crippen molar-refractivity contribution in [3.63, 3.8) is 0 Å². The highest BCUT2D eigenvalue weighted by Crippen LogP contribution is 2.41. The fraction of sp³-hybridized carbons (Fsp3) is 0.500.